The highest BCUT2D eigenvalue weighted by Crippen LogP contribution is 2.36. The van der Waals surface area contributed by atoms with Crippen molar-refractivity contribution < 1.29 is 25.8 Å². The summed E-state index contributed by atoms with van der Waals surface area (Å²) >= 11 is 5.31. The van der Waals surface area contributed by atoms with Gasteiger partial charge in [-0.05, 0) is 12.1 Å². The van der Waals surface area contributed by atoms with E-state index in [4.69, 9.17) is 11.6 Å². The van der Waals surface area contributed by atoms with Crippen LogP contribution in [0.25, 0.3) is 0 Å². The summed E-state index contributed by atoms with van der Waals surface area (Å²) in [5, 5.41) is 3.85. The molecule has 4 nitrogen and oxygen atoms in total. The molecule has 1 rings (SSSR count). The molecule has 1 aromatic carbocycles. The number of alkyl halides is 3. The smallest absolute Gasteiger partial charge is 0.371 e. The zero-order valence-corrected chi connectivity index (χ0v) is 9.03. The number of nitrogens with two attached hydrogens (primary N) is 1. The quantitative estimate of drug-likeness (QED) is 0.897. The van der Waals surface area contributed by atoms with E-state index in [1.807, 2.05) is 0 Å². The van der Waals surface area contributed by atoms with E-state index in [1.54, 1.807) is 0 Å². The Labute approximate surface area is 94.0 Å². The van der Waals surface area contributed by atoms with Crippen LogP contribution in [-0.4, -0.2) is 8.42 Å². The summed E-state index contributed by atoms with van der Waals surface area (Å²) in [4.78, 5) is 0. The molecule has 9 heteroatoms. The van der Waals surface area contributed by atoms with Crippen LogP contribution < -0.4 is 9.32 Å². The SMILES string of the molecule is NS(=O)(=O)Oc1ccc(C(F)(F)F)c(Cl)c1. The molecule has 2 N–H and O–H groups in total. The van der Waals surface area contributed by atoms with Gasteiger partial charge < -0.3 is 4.18 Å². The molecule has 0 atom stereocenters. The van der Waals surface area contributed by atoms with Gasteiger partial charge in [-0.3, -0.25) is 0 Å². The van der Waals surface area contributed by atoms with Crippen molar-refractivity contribution >= 4 is 21.9 Å². The molecule has 0 bridgehead atoms. The van der Waals surface area contributed by atoms with E-state index < -0.39 is 27.1 Å². The first-order valence-corrected chi connectivity index (χ1v) is 5.53. The molecule has 0 saturated heterocycles. The zero-order valence-electron chi connectivity index (χ0n) is 7.45. The van der Waals surface area contributed by atoms with Crippen LogP contribution in [0.3, 0.4) is 0 Å². The van der Waals surface area contributed by atoms with Crippen LogP contribution in [0, 0.1) is 0 Å². The average molecular weight is 276 g/mol. The van der Waals surface area contributed by atoms with Gasteiger partial charge in [-0.25, -0.2) is 0 Å². The first-order valence-electron chi connectivity index (χ1n) is 3.68. The highest BCUT2D eigenvalue weighted by atomic mass is 35.5. The van der Waals surface area contributed by atoms with Crippen LogP contribution >= 0.6 is 11.6 Å². The van der Waals surface area contributed by atoms with Crippen LogP contribution in [0.2, 0.25) is 5.02 Å². The van der Waals surface area contributed by atoms with Gasteiger partial charge in [0.15, 0.2) is 0 Å². The van der Waals surface area contributed by atoms with E-state index in [0.717, 1.165) is 12.1 Å². The molecule has 0 radical (unpaired) electrons. The summed E-state index contributed by atoms with van der Waals surface area (Å²) < 4.78 is 61.9. The largest absolute Gasteiger partial charge is 0.417 e. The lowest BCUT2D eigenvalue weighted by Crippen LogP contribution is -2.19. The maximum Gasteiger partial charge on any atom is 0.417 e. The number of halogens is 4. The molecule has 1 aromatic rings. The van der Waals surface area contributed by atoms with E-state index in [2.05, 4.69) is 9.32 Å². The molecular formula is C7H5ClF3NO3S. The van der Waals surface area contributed by atoms with Crippen LogP contribution in [0.5, 0.6) is 5.75 Å². The molecule has 0 aliphatic carbocycles. The highest BCUT2D eigenvalue weighted by molar-refractivity contribution is 7.84. The number of rotatable bonds is 2. The molecule has 0 aliphatic rings. The third-order valence-corrected chi connectivity index (χ3v) is 2.20. The van der Waals surface area contributed by atoms with Crippen molar-refractivity contribution in [2.45, 2.75) is 6.18 Å². The minimum Gasteiger partial charge on any atom is -0.371 e. The second-order valence-electron chi connectivity index (χ2n) is 2.72. The Hall–Kier alpha value is -0.990. The maximum absolute atomic E-state index is 12.3. The minimum atomic E-state index is -4.61. The van der Waals surface area contributed by atoms with Gasteiger partial charge in [0.2, 0.25) is 0 Å². The van der Waals surface area contributed by atoms with Crippen LogP contribution in [-0.2, 0) is 16.5 Å². The lowest BCUT2D eigenvalue weighted by atomic mass is 10.2. The predicted molar refractivity (Wildman–Crippen MR) is 50.2 cm³/mol. The van der Waals surface area contributed by atoms with Gasteiger partial charge in [-0.2, -0.15) is 26.7 Å². The summed E-state index contributed by atoms with van der Waals surface area (Å²) in [5.41, 5.74) is -1.09. The first kappa shape index (κ1) is 13.1. The second kappa shape index (κ2) is 4.11. The normalized spacial score (nSPS) is 12.6. The van der Waals surface area contributed by atoms with Gasteiger partial charge in [0.05, 0.1) is 10.6 Å². The molecule has 0 saturated carbocycles. The second-order valence-corrected chi connectivity index (χ2v) is 4.28. The topological polar surface area (TPSA) is 69.4 Å². The van der Waals surface area contributed by atoms with Crippen molar-refractivity contribution in [3.63, 3.8) is 0 Å². The number of hydrogen-bond donors (Lipinski definition) is 1. The van der Waals surface area contributed by atoms with Crippen LogP contribution in [0.1, 0.15) is 5.56 Å². The van der Waals surface area contributed by atoms with Crippen molar-refractivity contribution in [3.8, 4) is 5.75 Å². The molecule has 0 amide bonds. The highest BCUT2D eigenvalue weighted by Gasteiger charge is 2.33. The molecule has 0 aliphatic heterocycles. The molecule has 0 fully saturated rings. The summed E-state index contributed by atoms with van der Waals surface area (Å²) in [7, 11) is -4.28. The van der Waals surface area contributed by atoms with Gasteiger partial charge in [-0.15, -0.1) is 0 Å². The van der Waals surface area contributed by atoms with Crippen LogP contribution in [0.15, 0.2) is 18.2 Å². The third kappa shape index (κ3) is 3.54. The van der Waals surface area contributed by atoms with E-state index in [-0.39, 0.29) is 5.75 Å². The van der Waals surface area contributed by atoms with Crippen molar-refractivity contribution in [1.29, 1.82) is 0 Å². The monoisotopic (exact) mass is 275 g/mol. The van der Waals surface area contributed by atoms with Crippen molar-refractivity contribution in [3.05, 3.63) is 28.8 Å². The Kier molecular flexibility index (Phi) is 3.36. The fraction of sp³-hybridized carbons (Fsp3) is 0.143. The lowest BCUT2D eigenvalue weighted by molar-refractivity contribution is -0.137. The van der Waals surface area contributed by atoms with Gasteiger partial charge >= 0.3 is 16.5 Å². The molecule has 0 spiro atoms. The summed E-state index contributed by atoms with van der Waals surface area (Å²) in [5.74, 6) is -0.388. The van der Waals surface area contributed by atoms with Gasteiger partial charge in [0.1, 0.15) is 5.75 Å². The zero-order chi connectivity index (χ0) is 12.6. The molecule has 0 unspecified atom stereocenters. The summed E-state index contributed by atoms with van der Waals surface area (Å²) in [6.07, 6.45) is -4.61. The van der Waals surface area contributed by atoms with E-state index in [0.29, 0.717) is 6.07 Å². The summed E-state index contributed by atoms with van der Waals surface area (Å²) in [6, 6.07) is 2.12. The van der Waals surface area contributed by atoms with E-state index >= 15 is 0 Å². The maximum atomic E-state index is 12.3. The third-order valence-electron chi connectivity index (χ3n) is 1.46. The van der Waals surface area contributed by atoms with Crippen molar-refractivity contribution in [2.75, 3.05) is 0 Å². The standard InChI is InChI=1S/C7H5ClF3NO3S/c8-6-3-4(15-16(12,13)14)1-2-5(6)7(9,10)11/h1-3H,(H2,12,13,14). The Bertz CT molecular complexity index is 500. The molecular weight excluding hydrogens is 271 g/mol. The van der Waals surface area contributed by atoms with Gasteiger partial charge in [0.25, 0.3) is 0 Å². The van der Waals surface area contributed by atoms with Crippen molar-refractivity contribution in [2.24, 2.45) is 5.14 Å². The summed E-state index contributed by atoms with van der Waals surface area (Å²) in [6.45, 7) is 0. The fourth-order valence-electron chi connectivity index (χ4n) is 0.912. The average Bonchev–Trinajstić information content (AvgIpc) is 1.97. The molecule has 90 valence electrons. The number of benzene rings is 1. The first-order chi connectivity index (χ1) is 7.09. The van der Waals surface area contributed by atoms with Crippen LogP contribution in [0.4, 0.5) is 13.2 Å². The molecule has 16 heavy (non-hydrogen) atoms. The van der Waals surface area contributed by atoms with E-state index in [1.165, 1.54) is 0 Å². The van der Waals surface area contributed by atoms with Gasteiger partial charge in [-0.1, -0.05) is 11.6 Å². The predicted octanol–water partition coefficient (Wildman–Crippen LogP) is 1.94. The molecule has 0 aromatic heterocycles. The van der Waals surface area contributed by atoms with Crippen molar-refractivity contribution in [1.82, 2.24) is 0 Å². The lowest BCUT2D eigenvalue weighted by Gasteiger charge is -2.09. The Balaban J connectivity index is 3.10. The number of hydrogen-bond acceptors (Lipinski definition) is 3. The Morgan fingerprint density at radius 2 is 1.88 bits per heavy atom. The molecule has 0 heterocycles. The Morgan fingerprint density at radius 1 is 1.31 bits per heavy atom. The van der Waals surface area contributed by atoms with Gasteiger partial charge in [0, 0.05) is 6.07 Å². The fourth-order valence-corrected chi connectivity index (χ4v) is 1.56. The van der Waals surface area contributed by atoms with E-state index in [9.17, 15) is 21.6 Å². The Morgan fingerprint density at radius 3 is 2.25 bits per heavy atom. The minimum absolute atomic E-state index is 0.388.